The molecular weight excluding hydrogens is 511 g/mol. The molecule has 9 heteroatoms. The summed E-state index contributed by atoms with van der Waals surface area (Å²) >= 11 is 0. The zero-order chi connectivity index (χ0) is 28.2. The predicted octanol–water partition coefficient (Wildman–Crippen LogP) is 4.55. The second-order valence-electron chi connectivity index (χ2n) is 11.6. The minimum atomic E-state index is -0.693. The molecule has 1 aromatic heterocycles. The summed E-state index contributed by atoms with van der Waals surface area (Å²) in [5.74, 6) is -0.323. The van der Waals surface area contributed by atoms with Crippen molar-refractivity contribution in [1.29, 1.82) is 0 Å². The van der Waals surface area contributed by atoms with Gasteiger partial charge in [0.05, 0.1) is 18.6 Å². The molecule has 2 N–H and O–H groups in total. The highest BCUT2D eigenvalue weighted by Crippen LogP contribution is 2.47. The number of aromatic nitrogens is 1. The van der Waals surface area contributed by atoms with Crippen molar-refractivity contribution < 1.29 is 23.5 Å². The first-order chi connectivity index (χ1) is 19.1. The number of nitrogens with zero attached hydrogens (tertiary/aromatic N) is 2. The number of nitrogens with one attached hydrogen (secondary N) is 2. The summed E-state index contributed by atoms with van der Waals surface area (Å²) in [6.07, 6.45) is 3.98. The average molecular weight is 543 g/mol. The number of pyridine rings is 1. The van der Waals surface area contributed by atoms with Gasteiger partial charge in [0, 0.05) is 22.9 Å². The number of carbonyl (C=O) groups is 3. The fourth-order valence-electron chi connectivity index (χ4n) is 6.41. The van der Waals surface area contributed by atoms with Gasteiger partial charge in [-0.3, -0.25) is 14.4 Å². The summed E-state index contributed by atoms with van der Waals surface area (Å²) < 4.78 is 19.6. The van der Waals surface area contributed by atoms with Crippen molar-refractivity contribution in [2.75, 3.05) is 24.3 Å². The van der Waals surface area contributed by atoms with Crippen LogP contribution in [0.25, 0.3) is 0 Å². The van der Waals surface area contributed by atoms with Gasteiger partial charge in [-0.2, -0.15) is 0 Å². The number of carbonyl (C=O) groups excluding carboxylic acids is 3. The number of benzene rings is 2. The highest BCUT2D eigenvalue weighted by Gasteiger charge is 2.51. The Morgan fingerprint density at radius 3 is 2.73 bits per heavy atom. The fraction of sp³-hybridized carbons (Fsp3) is 0.355. The number of rotatable bonds is 5. The van der Waals surface area contributed by atoms with E-state index in [9.17, 15) is 18.8 Å². The molecule has 1 aliphatic carbocycles. The molecule has 6 rings (SSSR count). The van der Waals surface area contributed by atoms with Crippen LogP contribution in [0.2, 0.25) is 0 Å². The normalized spacial score (nSPS) is 22.6. The molecule has 8 nitrogen and oxygen atoms in total. The first kappa shape index (κ1) is 26.0. The minimum Gasteiger partial charge on any atom is -0.494 e. The standard InChI is InChI=1S/C31H31FN4O4/c1-30(2)11-10-24(18-7-9-25(40-3)23(32)14-18)36(29(30)39)17-26(37)34-21-8-6-19-15-31(16-20(19)13-21)22-5-4-12-33-27(22)35-28(31)38/h4-9,12-14,24H,10-11,15-17H2,1-3H3,(H,34,37)(H,33,35,38)/t24-,31+/m0/s1. The fourth-order valence-corrected chi connectivity index (χ4v) is 6.41. The lowest BCUT2D eigenvalue weighted by molar-refractivity contribution is -0.150. The molecule has 40 heavy (non-hydrogen) atoms. The number of amides is 3. The molecule has 3 aromatic rings. The lowest BCUT2D eigenvalue weighted by atomic mass is 9.78. The van der Waals surface area contributed by atoms with Crippen molar-refractivity contribution >= 4 is 29.2 Å². The van der Waals surface area contributed by atoms with E-state index in [1.807, 2.05) is 44.2 Å². The molecule has 3 heterocycles. The van der Waals surface area contributed by atoms with Crippen molar-refractivity contribution in [3.05, 3.63) is 82.8 Å². The molecule has 3 aliphatic rings. The Bertz CT molecular complexity index is 1550. The van der Waals surface area contributed by atoms with Crippen LogP contribution in [-0.2, 0) is 32.6 Å². The van der Waals surface area contributed by atoms with Gasteiger partial charge in [-0.05, 0) is 72.7 Å². The third-order valence-corrected chi connectivity index (χ3v) is 8.60. The van der Waals surface area contributed by atoms with Crippen LogP contribution in [0.3, 0.4) is 0 Å². The van der Waals surface area contributed by atoms with Crippen molar-refractivity contribution in [2.24, 2.45) is 5.41 Å². The van der Waals surface area contributed by atoms with Gasteiger partial charge in [0.2, 0.25) is 17.7 Å². The summed E-state index contributed by atoms with van der Waals surface area (Å²) in [7, 11) is 1.40. The summed E-state index contributed by atoms with van der Waals surface area (Å²) in [5.41, 5.74) is 2.85. The van der Waals surface area contributed by atoms with Gasteiger partial charge in [0.25, 0.3) is 0 Å². The summed E-state index contributed by atoms with van der Waals surface area (Å²) in [6, 6.07) is 13.7. The van der Waals surface area contributed by atoms with Crippen LogP contribution < -0.4 is 15.4 Å². The van der Waals surface area contributed by atoms with Crippen molar-refractivity contribution in [2.45, 2.75) is 51.0 Å². The molecule has 0 radical (unpaired) electrons. The molecule has 1 fully saturated rings. The summed E-state index contributed by atoms with van der Waals surface area (Å²) in [4.78, 5) is 45.6. The maximum absolute atomic E-state index is 14.5. The van der Waals surface area contributed by atoms with Gasteiger partial charge in [0.15, 0.2) is 11.6 Å². The molecule has 0 unspecified atom stereocenters. The molecule has 1 spiro atoms. The number of ether oxygens (including phenoxy) is 1. The summed E-state index contributed by atoms with van der Waals surface area (Å²) in [6.45, 7) is 3.57. The second kappa shape index (κ2) is 9.43. The molecule has 2 atom stereocenters. The van der Waals surface area contributed by atoms with Crippen LogP contribution >= 0.6 is 0 Å². The van der Waals surface area contributed by atoms with E-state index in [1.165, 1.54) is 13.2 Å². The zero-order valence-electron chi connectivity index (χ0n) is 22.7. The molecule has 2 aromatic carbocycles. The first-order valence-electron chi connectivity index (χ1n) is 13.4. The van der Waals surface area contributed by atoms with E-state index in [0.29, 0.717) is 42.8 Å². The van der Waals surface area contributed by atoms with Crippen LogP contribution in [0.4, 0.5) is 15.9 Å². The predicted molar refractivity (Wildman–Crippen MR) is 147 cm³/mol. The van der Waals surface area contributed by atoms with E-state index >= 15 is 0 Å². The van der Waals surface area contributed by atoms with Crippen LogP contribution in [-0.4, -0.2) is 41.3 Å². The van der Waals surface area contributed by atoms with Gasteiger partial charge in [-0.1, -0.05) is 32.0 Å². The monoisotopic (exact) mass is 542 g/mol. The number of likely N-dealkylation sites (tertiary alicyclic amines) is 1. The molecule has 3 amide bonds. The lowest BCUT2D eigenvalue weighted by Crippen LogP contribution is -2.50. The Kier molecular flexibility index (Phi) is 6.12. The number of methoxy groups -OCH3 is 1. The molecule has 2 aliphatic heterocycles. The summed E-state index contributed by atoms with van der Waals surface area (Å²) in [5, 5.41) is 5.85. The molecule has 206 valence electrons. The SMILES string of the molecule is COc1ccc([C@@H]2CCC(C)(C)C(=O)N2CC(=O)Nc2ccc3c(c2)C[C@@]2(C3)C(=O)Nc3ncccc32)cc1F. The van der Waals surface area contributed by atoms with Crippen LogP contribution in [0.5, 0.6) is 5.75 Å². The maximum Gasteiger partial charge on any atom is 0.244 e. The Balaban J connectivity index is 1.21. The van der Waals surface area contributed by atoms with Gasteiger partial charge in [-0.15, -0.1) is 0 Å². The number of fused-ring (bicyclic) bond motifs is 3. The van der Waals surface area contributed by atoms with Crippen LogP contribution in [0.15, 0.2) is 54.7 Å². The average Bonchev–Trinajstić information content (AvgIpc) is 3.44. The van der Waals surface area contributed by atoms with E-state index < -0.39 is 22.7 Å². The Morgan fingerprint density at radius 2 is 1.95 bits per heavy atom. The Hall–Kier alpha value is -4.27. The van der Waals surface area contributed by atoms with Crippen molar-refractivity contribution in [1.82, 2.24) is 9.88 Å². The topological polar surface area (TPSA) is 101 Å². The molecule has 0 bridgehead atoms. The highest BCUT2D eigenvalue weighted by molar-refractivity contribution is 6.06. The number of anilines is 2. The van der Waals surface area contributed by atoms with E-state index in [4.69, 9.17) is 4.74 Å². The smallest absolute Gasteiger partial charge is 0.244 e. The number of hydrogen-bond donors (Lipinski definition) is 2. The van der Waals surface area contributed by atoms with Crippen molar-refractivity contribution in [3.8, 4) is 5.75 Å². The van der Waals surface area contributed by atoms with Gasteiger partial charge in [-0.25, -0.2) is 9.37 Å². The number of hydrogen-bond acceptors (Lipinski definition) is 5. The lowest BCUT2D eigenvalue weighted by Gasteiger charge is -2.43. The second-order valence-corrected chi connectivity index (χ2v) is 11.6. The Labute approximate surface area is 231 Å². The van der Waals surface area contributed by atoms with Crippen LogP contribution in [0, 0.1) is 11.2 Å². The van der Waals surface area contributed by atoms with E-state index in [0.717, 1.165) is 16.7 Å². The largest absolute Gasteiger partial charge is 0.494 e. The van der Waals surface area contributed by atoms with Gasteiger partial charge < -0.3 is 20.3 Å². The molecule has 1 saturated heterocycles. The van der Waals surface area contributed by atoms with E-state index in [2.05, 4.69) is 15.6 Å². The first-order valence-corrected chi connectivity index (χ1v) is 13.4. The third kappa shape index (κ3) is 4.20. The zero-order valence-corrected chi connectivity index (χ0v) is 22.7. The van der Waals surface area contributed by atoms with E-state index in [1.54, 1.807) is 23.2 Å². The minimum absolute atomic E-state index is 0.0600. The number of halogens is 1. The molecule has 0 saturated carbocycles. The highest BCUT2D eigenvalue weighted by atomic mass is 19.1. The maximum atomic E-state index is 14.5. The quantitative estimate of drug-likeness (QED) is 0.493. The van der Waals surface area contributed by atoms with Gasteiger partial charge in [0.1, 0.15) is 12.4 Å². The Morgan fingerprint density at radius 1 is 1.15 bits per heavy atom. The van der Waals surface area contributed by atoms with Gasteiger partial charge >= 0.3 is 0 Å². The van der Waals surface area contributed by atoms with Crippen LogP contribution in [0.1, 0.15) is 55.0 Å². The van der Waals surface area contributed by atoms with E-state index in [-0.39, 0.29) is 30.0 Å². The molecular formula is C31H31FN4O4. The third-order valence-electron chi connectivity index (χ3n) is 8.60. The number of piperidine rings is 1. The van der Waals surface area contributed by atoms with Crippen molar-refractivity contribution in [3.63, 3.8) is 0 Å².